The van der Waals surface area contributed by atoms with Gasteiger partial charge in [0.15, 0.2) is 0 Å². The molecule has 8 heteroatoms. The first kappa shape index (κ1) is 23.3. The van der Waals surface area contributed by atoms with E-state index in [1.807, 2.05) is 6.92 Å². The minimum Gasteiger partial charge on any atom is -0.859 e. The van der Waals surface area contributed by atoms with Gasteiger partial charge in [0.2, 0.25) is 0 Å². The van der Waals surface area contributed by atoms with Gasteiger partial charge in [-0.15, -0.1) is 0 Å². The molecular formula is C13H24NNaO5S. The predicted molar refractivity (Wildman–Crippen MR) is 77.2 cm³/mol. The van der Waals surface area contributed by atoms with E-state index < -0.39 is 21.8 Å². The van der Waals surface area contributed by atoms with Gasteiger partial charge in [0, 0.05) is 0 Å². The van der Waals surface area contributed by atoms with Crippen LogP contribution in [0.3, 0.4) is 0 Å². The van der Waals surface area contributed by atoms with Crippen LogP contribution in [0.25, 0.3) is 0 Å². The van der Waals surface area contributed by atoms with E-state index in [4.69, 9.17) is 9.66 Å². The van der Waals surface area contributed by atoms with Gasteiger partial charge in [0.1, 0.15) is 0 Å². The molecule has 0 fully saturated rings. The molecule has 0 radical (unpaired) electrons. The van der Waals surface area contributed by atoms with Gasteiger partial charge < -0.3 is 10.2 Å². The maximum absolute atomic E-state index is 11.4. The Hall–Kier alpha value is 0.0800. The number of rotatable bonds is 10. The Morgan fingerprint density at radius 3 is 2.48 bits per heavy atom. The molecule has 0 amide bonds. The van der Waals surface area contributed by atoms with Crippen molar-refractivity contribution < 1.29 is 52.7 Å². The Balaban J connectivity index is 0. The number of aliphatic hydroxyl groups is 1. The number of aliphatic hydroxyl groups excluding tert-OH is 1. The van der Waals surface area contributed by atoms with Crippen LogP contribution in [0.2, 0.25) is 0 Å². The van der Waals surface area contributed by atoms with Crippen LogP contribution < -0.4 is 34.7 Å². The predicted octanol–water partition coefficient (Wildman–Crippen LogP) is -2.09. The normalized spacial score (nSPS) is 14.7. The van der Waals surface area contributed by atoms with Gasteiger partial charge in [-0.1, -0.05) is 24.5 Å². The number of hydrogen-bond acceptors (Lipinski definition) is 5. The molecule has 21 heavy (non-hydrogen) atoms. The smallest absolute Gasteiger partial charge is 0.859 e. The Morgan fingerprint density at radius 1 is 1.33 bits per heavy atom. The molecule has 118 valence electrons. The van der Waals surface area contributed by atoms with Gasteiger partial charge in [-0.2, -0.15) is 8.42 Å². The molecule has 0 unspecified atom stereocenters. The molecule has 0 spiro atoms. The minimum absolute atomic E-state index is 0. The molecule has 0 aromatic rings. The van der Waals surface area contributed by atoms with E-state index in [9.17, 15) is 13.5 Å². The third kappa shape index (κ3) is 18.0. The second-order valence-electron chi connectivity index (χ2n) is 4.95. The summed E-state index contributed by atoms with van der Waals surface area (Å²) in [5, 5.41) is 20.5. The van der Waals surface area contributed by atoms with Crippen molar-refractivity contribution in [2.75, 3.05) is 12.3 Å². The first-order valence-corrected chi connectivity index (χ1v) is 8.33. The van der Waals surface area contributed by atoms with E-state index >= 15 is 0 Å². The molecule has 6 nitrogen and oxygen atoms in total. The van der Waals surface area contributed by atoms with Crippen LogP contribution >= 0.6 is 0 Å². The molecule has 0 rings (SSSR count). The number of nitrogens with zero attached hydrogens (tertiary/aromatic N) is 1. The fourth-order valence-corrected chi connectivity index (χ4v) is 1.94. The molecule has 0 saturated heterocycles. The Morgan fingerprint density at radius 2 is 1.95 bits per heavy atom. The van der Waals surface area contributed by atoms with Gasteiger partial charge in [-0.05, 0) is 39.0 Å². The molecule has 0 bridgehead atoms. The van der Waals surface area contributed by atoms with Gasteiger partial charge in [-0.25, -0.2) is 0 Å². The molecular weight excluding hydrogens is 305 g/mol. The van der Waals surface area contributed by atoms with Crippen LogP contribution in [-0.2, 0) is 10.1 Å². The minimum atomic E-state index is -4.06. The first-order valence-electron chi connectivity index (χ1n) is 6.72. The molecule has 2 N–H and O–H groups in total. The zero-order valence-corrected chi connectivity index (χ0v) is 15.9. The van der Waals surface area contributed by atoms with Crippen molar-refractivity contribution in [2.24, 2.45) is 4.99 Å². The van der Waals surface area contributed by atoms with Gasteiger partial charge >= 0.3 is 29.6 Å². The monoisotopic (exact) mass is 329 g/mol. The van der Waals surface area contributed by atoms with Crippen LogP contribution in [0, 0.1) is 0 Å². The Bertz CT molecular complexity index is 432. The summed E-state index contributed by atoms with van der Waals surface area (Å²) in [5.74, 6) is -1.01. The maximum Gasteiger partial charge on any atom is 1.00 e. The van der Waals surface area contributed by atoms with Crippen molar-refractivity contribution in [3.8, 4) is 0 Å². The molecule has 0 heterocycles. The van der Waals surface area contributed by atoms with Crippen LogP contribution in [0.5, 0.6) is 0 Å². The van der Waals surface area contributed by atoms with E-state index in [0.29, 0.717) is 0 Å². The summed E-state index contributed by atoms with van der Waals surface area (Å²) >= 11 is 0. The molecule has 0 aliphatic heterocycles. The van der Waals surface area contributed by atoms with Crippen molar-refractivity contribution >= 4 is 16.0 Å². The van der Waals surface area contributed by atoms with Crippen molar-refractivity contribution in [2.45, 2.75) is 52.1 Å². The molecule has 0 aromatic heterocycles. The summed E-state index contributed by atoms with van der Waals surface area (Å²) in [6.45, 7) is 3.36. The Kier molecular flexibility index (Phi) is 14.0. The molecule has 1 atom stereocenters. The quantitative estimate of drug-likeness (QED) is 0.157. The van der Waals surface area contributed by atoms with E-state index in [0.717, 1.165) is 37.7 Å². The number of allylic oxidation sites excluding steroid dienone is 1. The van der Waals surface area contributed by atoms with Crippen molar-refractivity contribution in [3.63, 3.8) is 0 Å². The first-order chi connectivity index (χ1) is 9.20. The maximum atomic E-state index is 11.4. The van der Waals surface area contributed by atoms with E-state index in [2.05, 4.69) is 4.99 Å². The SMILES string of the molecule is C/C(=C/C([O-])=NCCS(=O)(=O)O)CCCCC[C@@H](C)O.[Na+]. The van der Waals surface area contributed by atoms with Crippen molar-refractivity contribution in [1.29, 1.82) is 0 Å². The van der Waals surface area contributed by atoms with Crippen molar-refractivity contribution in [3.05, 3.63) is 11.6 Å². The molecule has 0 aliphatic carbocycles. The molecule has 0 aliphatic rings. The number of unbranched alkanes of at least 4 members (excludes halogenated alkanes) is 2. The van der Waals surface area contributed by atoms with Crippen molar-refractivity contribution in [1.82, 2.24) is 0 Å². The third-order valence-corrected chi connectivity index (χ3v) is 3.38. The molecule has 0 aromatic carbocycles. The number of aliphatic imine (C=N–C) groups is 1. The largest absolute Gasteiger partial charge is 1.00 e. The van der Waals surface area contributed by atoms with Crippen LogP contribution in [0.15, 0.2) is 16.6 Å². The summed E-state index contributed by atoms with van der Waals surface area (Å²) < 4.78 is 29.4. The van der Waals surface area contributed by atoms with E-state index in [1.165, 1.54) is 6.08 Å². The second kappa shape index (κ2) is 12.6. The van der Waals surface area contributed by atoms with E-state index in [-0.39, 0.29) is 42.2 Å². The average Bonchev–Trinajstić information content (AvgIpc) is 2.26. The van der Waals surface area contributed by atoms with Crippen LogP contribution in [0.4, 0.5) is 0 Å². The van der Waals surface area contributed by atoms with Gasteiger partial charge in [-0.3, -0.25) is 9.55 Å². The van der Waals surface area contributed by atoms with Crippen LogP contribution in [0.1, 0.15) is 46.0 Å². The second-order valence-corrected chi connectivity index (χ2v) is 6.52. The Labute approximate surface area is 149 Å². The summed E-state index contributed by atoms with van der Waals surface area (Å²) in [6, 6.07) is 0. The summed E-state index contributed by atoms with van der Waals surface area (Å²) in [4.78, 5) is 3.53. The topological polar surface area (TPSA) is 110 Å². The zero-order chi connectivity index (χ0) is 15.6. The summed E-state index contributed by atoms with van der Waals surface area (Å²) in [7, 11) is -4.06. The number of hydrogen-bond donors (Lipinski definition) is 2. The average molecular weight is 329 g/mol. The van der Waals surface area contributed by atoms with Gasteiger partial charge in [0.25, 0.3) is 10.1 Å². The fraction of sp³-hybridized carbons (Fsp3) is 0.769. The van der Waals surface area contributed by atoms with Gasteiger partial charge in [0.05, 0.1) is 18.4 Å². The molecule has 0 saturated carbocycles. The summed E-state index contributed by atoms with van der Waals surface area (Å²) in [5.41, 5.74) is 0.891. The zero-order valence-electron chi connectivity index (χ0n) is 13.1. The van der Waals surface area contributed by atoms with E-state index in [1.54, 1.807) is 6.92 Å². The van der Waals surface area contributed by atoms with Crippen LogP contribution in [-0.4, -0.2) is 42.4 Å². The summed E-state index contributed by atoms with van der Waals surface area (Å²) in [6.07, 6.45) is 5.56. The standard InChI is InChI=1S/C13H25NO5S.Na/c1-11(6-4-3-5-7-12(2)15)10-13(16)14-8-9-20(17,18)19;/h10,12,15H,3-9H2,1-2H3,(H,14,16)(H,17,18,19);/q;+1/p-1/b11-10-;/t12-;/m1./s1. The third-order valence-electron chi connectivity index (χ3n) is 2.68. The fourth-order valence-electron chi connectivity index (χ4n) is 1.62.